The minimum absolute atomic E-state index is 0.970. The van der Waals surface area contributed by atoms with Crippen molar-refractivity contribution in [3.05, 3.63) is 35.4 Å². The van der Waals surface area contributed by atoms with E-state index in [4.69, 9.17) is 0 Å². The van der Waals surface area contributed by atoms with E-state index in [1.165, 1.54) is 11.1 Å². The van der Waals surface area contributed by atoms with Crippen LogP contribution in [0.15, 0.2) is 24.3 Å². The molecule has 0 radical (unpaired) electrons. The zero-order valence-corrected chi connectivity index (χ0v) is 9.93. The molecule has 14 heavy (non-hydrogen) atoms. The Hall–Kier alpha value is -0.470. The second-order valence-corrected chi connectivity index (χ2v) is 4.33. The molecule has 0 fully saturated rings. The summed E-state index contributed by atoms with van der Waals surface area (Å²) in [5, 5.41) is 0. The molecule has 0 aliphatic heterocycles. The van der Waals surface area contributed by atoms with Gasteiger partial charge in [-0.3, -0.25) is 0 Å². The van der Waals surface area contributed by atoms with Gasteiger partial charge in [-0.2, -0.15) is 12.6 Å². The topological polar surface area (TPSA) is 3.24 Å². The molecular weight excluding hydrogens is 190 g/mol. The largest absolute Gasteiger partial charge is 0.305 e. The van der Waals surface area contributed by atoms with Crippen LogP contribution in [0.3, 0.4) is 0 Å². The average molecular weight is 209 g/mol. The number of benzene rings is 1. The van der Waals surface area contributed by atoms with Crippen LogP contribution in [0, 0.1) is 0 Å². The molecule has 78 valence electrons. The molecule has 0 aliphatic rings. The normalized spacial score (nSPS) is 10.9. The lowest BCUT2D eigenvalue weighted by molar-refractivity contribution is 0.402. The monoisotopic (exact) mass is 209 g/mol. The highest BCUT2D eigenvalue weighted by atomic mass is 32.1. The first kappa shape index (κ1) is 11.6. The van der Waals surface area contributed by atoms with E-state index in [0.29, 0.717) is 0 Å². The maximum atomic E-state index is 4.22. The highest BCUT2D eigenvalue weighted by Gasteiger charge is 1.97. The molecule has 0 amide bonds. The predicted molar refractivity (Wildman–Crippen MR) is 66.0 cm³/mol. The summed E-state index contributed by atoms with van der Waals surface area (Å²) in [4.78, 5) is 2.19. The summed E-state index contributed by atoms with van der Waals surface area (Å²) < 4.78 is 0. The zero-order valence-electron chi connectivity index (χ0n) is 9.03. The fraction of sp³-hybridized carbons (Fsp3) is 0.500. The van der Waals surface area contributed by atoms with E-state index in [1.54, 1.807) is 0 Å². The fourth-order valence-electron chi connectivity index (χ4n) is 1.53. The molecule has 0 N–H and O–H groups in total. The lowest BCUT2D eigenvalue weighted by Crippen LogP contribution is -2.10. The standard InChI is InChI=1S/C12H19NS/c1-13(2)10-12-6-3-5-11(9-12)7-4-8-14/h3,5-6,9,14H,4,7-8,10H2,1-2H3. The molecule has 0 bridgehead atoms. The molecule has 0 spiro atoms. The van der Waals surface area contributed by atoms with Crippen LogP contribution in [0.4, 0.5) is 0 Å². The van der Waals surface area contributed by atoms with Gasteiger partial charge in [-0.15, -0.1) is 0 Å². The lowest BCUT2D eigenvalue weighted by atomic mass is 10.1. The van der Waals surface area contributed by atoms with Crippen molar-refractivity contribution in [1.82, 2.24) is 4.90 Å². The summed E-state index contributed by atoms with van der Waals surface area (Å²) in [5.41, 5.74) is 2.82. The minimum atomic E-state index is 0.970. The van der Waals surface area contributed by atoms with Gasteiger partial charge >= 0.3 is 0 Å². The number of aryl methyl sites for hydroxylation is 1. The summed E-state index contributed by atoms with van der Waals surface area (Å²) in [7, 11) is 4.20. The van der Waals surface area contributed by atoms with Gasteiger partial charge in [0.1, 0.15) is 0 Å². The van der Waals surface area contributed by atoms with Crippen molar-refractivity contribution >= 4 is 12.6 Å². The molecule has 1 aromatic carbocycles. The number of rotatable bonds is 5. The van der Waals surface area contributed by atoms with Crippen LogP contribution in [-0.2, 0) is 13.0 Å². The second-order valence-electron chi connectivity index (χ2n) is 3.88. The van der Waals surface area contributed by atoms with E-state index in [2.05, 4.69) is 55.9 Å². The van der Waals surface area contributed by atoms with Gasteiger partial charge in [0.2, 0.25) is 0 Å². The number of hydrogen-bond acceptors (Lipinski definition) is 2. The van der Waals surface area contributed by atoms with Gasteiger partial charge in [0, 0.05) is 6.54 Å². The van der Waals surface area contributed by atoms with E-state index in [1.807, 2.05) is 0 Å². The highest BCUT2D eigenvalue weighted by molar-refractivity contribution is 7.80. The molecule has 1 aromatic rings. The molecular formula is C12H19NS. The molecule has 0 aliphatic carbocycles. The molecule has 0 saturated carbocycles. The van der Waals surface area contributed by atoms with Crippen molar-refractivity contribution in [2.75, 3.05) is 19.8 Å². The van der Waals surface area contributed by atoms with E-state index in [0.717, 1.165) is 25.1 Å². The molecule has 2 heteroatoms. The lowest BCUT2D eigenvalue weighted by Gasteiger charge is -2.10. The van der Waals surface area contributed by atoms with Gasteiger partial charge in [0.25, 0.3) is 0 Å². The molecule has 0 atom stereocenters. The first-order valence-electron chi connectivity index (χ1n) is 5.06. The van der Waals surface area contributed by atoms with Crippen molar-refractivity contribution in [3.63, 3.8) is 0 Å². The van der Waals surface area contributed by atoms with Crippen molar-refractivity contribution in [1.29, 1.82) is 0 Å². The Morgan fingerprint density at radius 1 is 1.21 bits per heavy atom. The van der Waals surface area contributed by atoms with Gasteiger partial charge in [-0.25, -0.2) is 0 Å². The Morgan fingerprint density at radius 3 is 2.57 bits per heavy atom. The van der Waals surface area contributed by atoms with E-state index in [9.17, 15) is 0 Å². The highest BCUT2D eigenvalue weighted by Crippen LogP contribution is 2.09. The van der Waals surface area contributed by atoms with Gasteiger partial charge in [-0.05, 0) is 43.8 Å². The SMILES string of the molecule is CN(C)Cc1cccc(CCCS)c1. The first-order chi connectivity index (χ1) is 6.72. The van der Waals surface area contributed by atoms with Crippen LogP contribution >= 0.6 is 12.6 Å². The van der Waals surface area contributed by atoms with Crippen LogP contribution in [0.5, 0.6) is 0 Å². The maximum Gasteiger partial charge on any atom is 0.0227 e. The molecule has 0 saturated heterocycles. The van der Waals surface area contributed by atoms with Crippen molar-refractivity contribution in [3.8, 4) is 0 Å². The Labute approximate surface area is 92.5 Å². The Morgan fingerprint density at radius 2 is 1.93 bits per heavy atom. The van der Waals surface area contributed by atoms with Crippen LogP contribution in [0.2, 0.25) is 0 Å². The number of thiol groups is 1. The first-order valence-corrected chi connectivity index (χ1v) is 5.69. The van der Waals surface area contributed by atoms with Gasteiger partial charge < -0.3 is 4.90 Å². The van der Waals surface area contributed by atoms with Crippen molar-refractivity contribution in [2.45, 2.75) is 19.4 Å². The second kappa shape index (κ2) is 6.10. The Bertz CT molecular complexity index is 271. The molecule has 0 unspecified atom stereocenters. The summed E-state index contributed by atoms with van der Waals surface area (Å²) >= 11 is 4.22. The zero-order chi connectivity index (χ0) is 10.4. The third kappa shape index (κ3) is 4.16. The molecule has 0 aromatic heterocycles. The number of hydrogen-bond donors (Lipinski definition) is 1. The van der Waals surface area contributed by atoms with Crippen molar-refractivity contribution < 1.29 is 0 Å². The van der Waals surface area contributed by atoms with E-state index in [-0.39, 0.29) is 0 Å². The summed E-state index contributed by atoms with van der Waals surface area (Å²) in [5.74, 6) is 0.970. The van der Waals surface area contributed by atoms with Gasteiger partial charge in [0.15, 0.2) is 0 Å². The fourth-order valence-corrected chi connectivity index (χ4v) is 1.69. The minimum Gasteiger partial charge on any atom is -0.305 e. The summed E-state index contributed by atoms with van der Waals surface area (Å²) in [6.07, 6.45) is 2.30. The Balaban J connectivity index is 2.59. The summed E-state index contributed by atoms with van der Waals surface area (Å²) in [6, 6.07) is 8.82. The third-order valence-corrected chi connectivity index (χ3v) is 2.43. The quantitative estimate of drug-likeness (QED) is 0.730. The van der Waals surface area contributed by atoms with E-state index >= 15 is 0 Å². The smallest absolute Gasteiger partial charge is 0.0227 e. The molecule has 0 heterocycles. The Kier molecular flexibility index (Phi) is 5.05. The van der Waals surface area contributed by atoms with Crippen LogP contribution in [0.25, 0.3) is 0 Å². The van der Waals surface area contributed by atoms with Crippen LogP contribution in [-0.4, -0.2) is 24.7 Å². The van der Waals surface area contributed by atoms with Gasteiger partial charge in [0.05, 0.1) is 0 Å². The predicted octanol–water partition coefficient (Wildman–Crippen LogP) is 2.61. The third-order valence-electron chi connectivity index (χ3n) is 2.11. The average Bonchev–Trinajstić information content (AvgIpc) is 2.14. The maximum absolute atomic E-state index is 4.22. The molecule has 1 rings (SSSR count). The molecule has 1 nitrogen and oxygen atoms in total. The number of nitrogens with zero attached hydrogens (tertiary/aromatic N) is 1. The van der Waals surface area contributed by atoms with Crippen molar-refractivity contribution in [2.24, 2.45) is 0 Å². The van der Waals surface area contributed by atoms with Crippen LogP contribution < -0.4 is 0 Å². The van der Waals surface area contributed by atoms with Crippen LogP contribution in [0.1, 0.15) is 17.5 Å². The van der Waals surface area contributed by atoms with E-state index < -0.39 is 0 Å². The summed E-state index contributed by atoms with van der Waals surface area (Å²) in [6.45, 7) is 1.02. The van der Waals surface area contributed by atoms with Gasteiger partial charge in [-0.1, -0.05) is 24.3 Å².